The summed E-state index contributed by atoms with van der Waals surface area (Å²) in [6.45, 7) is 0.896. The van der Waals surface area contributed by atoms with Crippen LogP contribution < -0.4 is 20.1 Å². The minimum Gasteiger partial charge on any atom is -0.462 e. The zero-order valence-electron chi connectivity index (χ0n) is 28.6. The molecule has 2 N–H and O–H groups in total. The lowest BCUT2D eigenvalue weighted by Gasteiger charge is -2.16. The minimum absolute atomic E-state index is 0.0991. The first-order valence-electron chi connectivity index (χ1n) is 17.4. The second-order valence-electron chi connectivity index (χ2n) is 13.0. The zero-order valence-corrected chi connectivity index (χ0v) is 30.1. The van der Waals surface area contributed by atoms with Crippen molar-refractivity contribution < 1.29 is 19.1 Å². The number of ketones is 1. The first-order valence-corrected chi connectivity index (χ1v) is 18.2. The lowest BCUT2D eigenvalue weighted by Crippen LogP contribution is -2.25. The summed E-state index contributed by atoms with van der Waals surface area (Å²) in [4.78, 5) is 32.8. The van der Waals surface area contributed by atoms with E-state index in [0.29, 0.717) is 99.4 Å². The van der Waals surface area contributed by atoms with Crippen LogP contribution in [0.25, 0.3) is 33.6 Å². The first kappa shape index (κ1) is 36.8. The van der Waals surface area contributed by atoms with E-state index >= 15 is 0 Å². The van der Waals surface area contributed by atoms with Gasteiger partial charge in [-0.3, -0.25) is 9.59 Å². The van der Waals surface area contributed by atoms with Gasteiger partial charge in [-0.05, 0) is 56.7 Å². The molecule has 2 aromatic heterocycles. The maximum Gasteiger partial charge on any atom is 0.220 e. The van der Waals surface area contributed by atoms with Gasteiger partial charge in [-0.25, -0.2) is 9.97 Å². The number of carbonyl (C=O) groups excluding carboxylic acids is 2. The monoisotopic (exact) mass is 736 g/mol. The highest BCUT2D eigenvalue weighted by atomic mass is 35.5. The SMILES string of the molecule is N#CCOc1nc(-c2cccc(-c3cccc(-c4ccc(CNC[C@@H]5CCC(=O)C5)c(OCC#N)n4)c3Cl)c2Cl)ccc1CCC[C@@H]1CCC(=O)N1. The third-order valence-corrected chi connectivity index (χ3v) is 10.3. The number of halogens is 2. The molecule has 52 heavy (non-hydrogen) atoms. The van der Waals surface area contributed by atoms with Crippen molar-refractivity contribution in [1.29, 1.82) is 10.5 Å². The van der Waals surface area contributed by atoms with Gasteiger partial charge in [0.1, 0.15) is 17.9 Å². The topological polar surface area (TPSA) is 150 Å². The second-order valence-corrected chi connectivity index (χ2v) is 13.8. The van der Waals surface area contributed by atoms with E-state index in [2.05, 4.69) is 10.6 Å². The second kappa shape index (κ2) is 17.5. The molecule has 1 amide bonds. The Kier molecular flexibility index (Phi) is 12.4. The molecular formula is C40H38Cl2N6O4. The van der Waals surface area contributed by atoms with E-state index in [4.69, 9.17) is 42.6 Å². The van der Waals surface area contributed by atoms with E-state index in [1.807, 2.05) is 72.8 Å². The van der Waals surface area contributed by atoms with Crippen LogP contribution in [0.15, 0.2) is 60.7 Å². The lowest BCUT2D eigenvalue weighted by molar-refractivity contribution is -0.119. The predicted octanol–water partition coefficient (Wildman–Crippen LogP) is 7.65. The number of hydrogen-bond donors (Lipinski definition) is 2. The number of hydrogen-bond acceptors (Lipinski definition) is 9. The third kappa shape index (κ3) is 8.89. The van der Waals surface area contributed by atoms with E-state index in [1.165, 1.54) is 0 Å². The summed E-state index contributed by atoms with van der Waals surface area (Å²) in [7, 11) is 0. The van der Waals surface area contributed by atoms with Crippen LogP contribution in [-0.4, -0.2) is 47.5 Å². The average Bonchev–Trinajstić information content (AvgIpc) is 3.77. The van der Waals surface area contributed by atoms with Gasteiger partial charge in [0, 0.05) is 65.2 Å². The molecule has 4 aromatic rings. The van der Waals surface area contributed by atoms with Gasteiger partial charge < -0.3 is 20.1 Å². The number of nitriles is 2. The van der Waals surface area contributed by atoms with Crippen LogP contribution in [0, 0.1) is 28.6 Å². The van der Waals surface area contributed by atoms with Crippen molar-refractivity contribution in [2.45, 2.75) is 64.0 Å². The highest BCUT2D eigenvalue weighted by molar-refractivity contribution is 6.39. The smallest absolute Gasteiger partial charge is 0.220 e. The molecule has 0 radical (unpaired) electrons. The molecular weight excluding hydrogens is 699 g/mol. The summed E-state index contributed by atoms with van der Waals surface area (Å²) in [5.41, 5.74) is 5.56. The van der Waals surface area contributed by atoms with Crippen molar-refractivity contribution in [3.8, 4) is 57.5 Å². The molecule has 2 atom stereocenters. The number of aryl methyl sites for hydroxylation is 1. The fourth-order valence-corrected chi connectivity index (χ4v) is 7.45. The van der Waals surface area contributed by atoms with Gasteiger partial charge in [-0.1, -0.05) is 71.7 Å². The Morgan fingerprint density at radius 1 is 0.788 bits per heavy atom. The van der Waals surface area contributed by atoms with Crippen LogP contribution in [0.1, 0.15) is 56.1 Å². The normalized spacial score (nSPS) is 16.7. The first-order chi connectivity index (χ1) is 25.3. The predicted molar refractivity (Wildman–Crippen MR) is 199 cm³/mol. The Morgan fingerprint density at radius 3 is 1.94 bits per heavy atom. The Bertz CT molecular complexity index is 1900. The quantitative estimate of drug-likeness (QED) is 0.125. The van der Waals surface area contributed by atoms with E-state index in [0.717, 1.165) is 43.4 Å². The van der Waals surface area contributed by atoms with E-state index in [9.17, 15) is 20.1 Å². The number of rotatable bonds is 15. The summed E-state index contributed by atoms with van der Waals surface area (Å²) in [6, 6.07) is 23.1. The standard InChI is InChI=1S/C40H38Cl2N6O4/c41-37-30(6-2-8-32(37)34-15-11-26(39(47-34)51-20-18-43)4-1-5-28-13-17-36(50)46-28)31-7-3-9-33(38(31)42)35-16-12-27(40(48-35)52-21-19-44)24-45-23-25-10-14-29(49)22-25/h2-3,6-9,11-12,15-16,25,28,45H,1,4-5,10,13-14,17,20-24H2,(H,46,50)/t25-,28-/m1/s1. The lowest BCUT2D eigenvalue weighted by atomic mass is 9.97. The number of benzene rings is 2. The van der Waals surface area contributed by atoms with Crippen LogP contribution in [0.2, 0.25) is 10.0 Å². The summed E-state index contributed by atoms with van der Waals surface area (Å²) in [5, 5.41) is 25.7. The fourth-order valence-electron chi connectivity index (χ4n) is 6.80. The molecule has 0 unspecified atom stereocenters. The van der Waals surface area contributed by atoms with E-state index in [1.54, 1.807) is 0 Å². The Labute approximate surface area is 313 Å². The van der Waals surface area contributed by atoms with Crippen LogP contribution >= 0.6 is 23.2 Å². The molecule has 2 aliphatic rings. The van der Waals surface area contributed by atoms with Crippen LogP contribution in [0.4, 0.5) is 0 Å². The van der Waals surface area contributed by atoms with Crippen molar-refractivity contribution in [2.24, 2.45) is 5.92 Å². The summed E-state index contributed by atoms with van der Waals surface area (Å²) < 4.78 is 11.5. The number of nitrogens with zero attached hydrogens (tertiary/aromatic N) is 4. The number of nitrogens with one attached hydrogen (secondary N) is 2. The van der Waals surface area contributed by atoms with Gasteiger partial charge >= 0.3 is 0 Å². The Balaban J connectivity index is 1.24. The molecule has 266 valence electrons. The van der Waals surface area contributed by atoms with Gasteiger partial charge in [0.05, 0.1) is 21.4 Å². The van der Waals surface area contributed by atoms with Gasteiger partial charge in [0.25, 0.3) is 0 Å². The Hall–Kier alpha value is -5.00. The average molecular weight is 738 g/mol. The molecule has 10 nitrogen and oxygen atoms in total. The summed E-state index contributed by atoms with van der Waals surface area (Å²) >= 11 is 14.2. The third-order valence-electron chi connectivity index (χ3n) is 9.44. The molecule has 2 fully saturated rings. The minimum atomic E-state index is -0.158. The molecule has 2 aromatic carbocycles. The maximum atomic E-state index is 11.7. The zero-order chi connectivity index (χ0) is 36.5. The van der Waals surface area contributed by atoms with Gasteiger partial charge in [0.15, 0.2) is 13.2 Å². The molecule has 12 heteroatoms. The largest absolute Gasteiger partial charge is 0.462 e. The molecule has 6 rings (SSSR count). The molecule has 1 saturated carbocycles. The maximum absolute atomic E-state index is 11.7. The van der Waals surface area contributed by atoms with Crippen molar-refractivity contribution in [2.75, 3.05) is 19.8 Å². The number of amides is 1. The van der Waals surface area contributed by atoms with Crippen molar-refractivity contribution in [1.82, 2.24) is 20.6 Å². The van der Waals surface area contributed by atoms with Crippen LogP contribution in [0.3, 0.4) is 0 Å². The molecule has 0 bridgehead atoms. The van der Waals surface area contributed by atoms with Crippen molar-refractivity contribution in [3.63, 3.8) is 0 Å². The van der Waals surface area contributed by atoms with Gasteiger partial charge in [0.2, 0.25) is 17.7 Å². The van der Waals surface area contributed by atoms with Gasteiger partial charge in [-0.15, -0.1) is 0 Å². The van der Waals surface area contributed by atoms with E-state index in [-0.39, 0.29) is 25.2 Å². The van der Waals surface area contributed by atoms with Crippen molar-refractivity contribution in [3.05, 3.63) is 81.8 Å². The molecule has 1 aliphatic carbocycles. The Morgan fingerprint density at radius 2 is 1.38 bits per heavy atom. The highest BCUT2D eigenvalue weighted by Crippen LogP contribution is 2.42. The molecule has 1 saturated heterocycles. The van der Waals surface area contributed by atoms with Crippen molar-refractivity contribution >= 4 is 34.9 Å². The summed E-state index contributed by atoms with van der Waals surface area (Å²) in [6.07, 6.45) is 5.94. The fraction of sp³-hybridized carbons (Fsp3) is 0.350. The van der Waals surface area contributed by atoms with Crippen LogP contribution in [-0.2, 0) is 22.6 Å². The number of aromatic nitrogens is 2. The molecule has 1 aliphatic heterocycles. The van der Waals surface area contributed by atoms with Gasteiger partial charge in [-0.2, -0.15) is 10.5 Å². The number of carbonyl (C=O) groups is 2. The summed E-state index contributed by atoms with van der Waals surface area (Å²) in [5.74, 6) is 1.45. The molecule has 3 heterocycles. The van der Waals surface area contributed by atoms with Crippen LogP contribution in [0.5, 0.6) is 11.8 Å². The number of Topliss-reactive ketones (excluding diaryl/α,β-unsaturated/α-hetero) is 1. The molecule has 0 spiro atoms. The van der Waals surface area contributed by atoms with E-state index < -0.39 is 0 Å². The highest BCUT2D eigenvalue weighted by Gasteiger charge is 2.23. The number of ether oxygens (including phenoxy) is 2. The number of pyridine rings is 2.